The molecule has 5 rings (SSSR count). The van der Waals surface area contributed by atoms with Crippen molar-refractivity contribution < 1.29 is 32.2 Å². The van der Waals surface area contributed by atoms with Crippen molar-refractivity contribution in [3.05, 3.63) is 65.4 Å². The number of hydrogen-bond donors (Lipinski definition) is 2. The molecule has 0 fully saturated rings. The van der Waals surface area contributed by atoms with Crippen molar-refractivity contribution in [2.24, 2.45) is 0 Å². The van der Waals surface area contributed by atoms with Gasteiger partial charge in [0.2, 0.25) is 6.79 Å². The Labute approximate surface area is 192 Å². The molecule has 0 unspecified atom stereocenters. The second kappa shape index (κ2) is 8.47. The summed E-state index contributed by atoms with van der Waals surface area (Å²) in [6.45, 7) is 0.291. The monoisotopic (exact) mass is 474 g/mol. The number of halogens is 3. The van der Waals surface area contributed by atoms with E-state index in [1.165, 1.54) is 7.11 Å². The number of alkyl halides is 3. The number of rotatable bonds is 5. The lowest BCUT2D eigenvalue weighted by Gasteiger charge is -2.34. The van der Waals surface area contributed by atoms with E-state index in [9.17, 15) is 18.0 Å². The van der Waals surface area contributed by atoms with Crippen molar-refractivity contribution in [3.63, 3.8) is 0 Å². The normalized spacial score (nSPS) is 18.7. The first-order chi connectivity index (χ1) is 16.3. The lowest BCUT2D eigenvalue weighted by atomic mass is 9.96. The number of amides is 1. The number of nitrogens with zero attached hydrogens (tertiary/aromatic N) is 2. The van der Waals surface area contributed by atoms with Crippen LogP contribution < -0.4 is 24.8 Å². The molecule has 0 radical (unpaired) electrons. The molecule has 8 nitrogen and oxygen atoms in total. The molecule has 0 spiro atoms. The zero-order valence-electron chi connectivity index (χ0n) is 18.1. The van der Waals surface area contributed by atoms with Crippen LogP contribution in [0.2, 0.25) is 0 Å². The molecular weight excluding hydrogens is 453 g/mol. The smallest absolute Gasteiger partial charge is 0.410 e. The molecule has 0 aliphatic carbocycles. The molecule has 11 heteroatoms. The number of carbonyl (C=O) groups is 1. The van der Waals surface area contributed by atoms with Crippen molar-refractivity contribution >= 4 is 11.7 Å². The second-order valence-corrected chi connectivity index (χ2v) is 7.98. The van der Waals surface area contributed by atoms with Gasteiger partial charge in [-0.1, -0.05) is 18.2 Å². The van der Waals surface area contributed by atoms with Crippen LogP contribution in [0, 0.1) is 0 Å². The SMILES string of the molecule is COc1ccc([C@H]2C[C@H](C(F)(F)F)n3ncc(C(=O)NCc4ccc5c(c4)OCO5)c3N2)cc1. The minimum Gasteiger partial charge on any atom is -0.497 e. The molecule has 178 valence electrons. The number of nitrogens with one attached hydrogen (secondary N) is 2. The van der Waals surface area contributed by atoms with E-state index in [1.807, 2.05) is 0 Å². The molecule has 2 atom stereocenters. The minimum atomic E-state index is -4.53. The molecule has 1 amide bonds. The van der Waals surface area contributed by atoms with Crippen LogP contribution in [0.25, 0.3) is 0 Å². The highest BCUT2D eigenvalue weighted by atomic mass is 19.4. The van der Waals surface area contributed by atoms with Crippen molar-refractivity contribution in [1.29, 1.82) is 0 Å². The molecule has 2 aromatic carbocycles. The molecule has 2 aliphatic rings. The Morgan fingerprint density at radius 2 is 1.97 bits per heavy atom. The van der Waals surface area contributed by atoms with Crippen LogP contribution in [0.5, 0.6) is 17.2 Å². The summed E-state index contributed by atoms with van der Waals surface area (Å²) in [5.41, 5.74) is 1.44. The Kier molecular flexibility index (Phi) is 5.46. The van der Waals surface area contributed by atoms with Crippen LogP contribution in [0.1, 0.15) is 40.0 Å². The number of fused-ring (bicyclic) bond motifs is 2. The van der Waals surface area contributed by atoms with Gasteiger partial charge in [0.25, 0.3) is 5.91 Å². The van der Waals surface area contributed by atoms with E-state index in [2.05, 4.69) is 15.7 Å². The molecule has 34 heavy (non-hydrogen) atoms. The summed E-state index contributed by atoms with van der Waals surface area (Å²) >= 11 is 0. The minimum absolute atomic E-state index is 0.0255. The molecule has 1 aromatic heterocycles. The van der Waals surface area contributed by atoms with E-state index in [1.54, 1.807) is 42.5 Å². The van der Waals surface area contributed by atoms with E-state index in [0.717, 1.165) is 16.4 Å². The molecule has 0 bridgehead atoms. The Morgan fingerprint density at radius 3 is 2.71 bits per heavy atom. The predicted molar refractivity (Wildman–Crippen MR) is 115 cm³/mol. The van der Waals surface area contributed by atoms with E-state index in [0.29, 0.717) is 22.8 Å². The number of carbonyl (C=O) groups excluding carboxylic acids is 1. The fourth-order valence-corrected chi connectivity index (χ4v) is 4.11. The van der Waals surface area contributed by atoms with E-state index >= 15 is 0 Å². The quantitative estimate of drug-likeness (QED) is 0.576. The third kappa shape index (κ3) is 4.09. The summed E-state index contributed by atoms with van der Waals surface area (Å²) in [5.74, 6) is 1.28. The zero-order valence-corrected chi connectivity index (χ0v) is 18.1. The maximum absolute atomic E-state index is 13.9. The van der Waals surface area contributed by atoms with Gasteiger partial charge < -0.3 is 24.8 Å². The number of aromatic nitrogens is 2. The number of hydrogen-bond acceptors (Lipinski definition) is 6. The highest BCUT2D eigenvalue weighted by Crippen LogP contribution is 2.44. The summed E-state index contributed by atoms with van der Waals surface area (Å²) < 4.78 is 58.2. The highest BCUT2D eigenvalue weighted by Gasteiger charge is 2.47. The summed E-state index contributed by atoms with van der Waals surface area (Å²) in [5, 5.41) is 9.72. The first-order valence-corrected chi connectivity index (χ1v) is 10.5. The van der Waals surface area contributed by atoms with Crippen molar-refractivity contribution in [3.8, 4) is 17.2 Å². The van der Waals surface area contributed by atoms with Gasteiger partial charge in [0, 0.05) is 13.0 Å². The second-order valence-electron chi connectivity index (χ2n) is 7.98. The predicted octanol–water partition coefficient (Wildman–Crippen LogP) is 4.21. The van der Waals surface area contributed by atoms with Gasteiger partial charge in [0.1, 0.15) is 17.1 Å². The lowest BCUT2D eigenvalue weighted by Crippen LogP contribution is -2.36. The first kappa shape index (κ1) is 21.9. The van der Waals surface area contributed by atoms with Crippen LogP contribution in [-0.2, 0) is 6.54 Å². The molecule has 2 N–H and O–H groups in total. The topological polar surface area (TPSA) is 86.6 Å². The molecule has 0 saturated carbocycles. The van der Waals surface area contributed by atoms with Crippen LogP contribution in [0.15, 0.2) is 48.7 Å². The fraction of sp³-hybridized carbons (Fsp3) is 0.304. The standard InChI is InChI=1S/C23H21F3N4O4/c1-32-15-5-3-14(4-6-15)17-9-20(23(24,25)26)30-21(29-17)16(11-28-30)22(31)27-10-13-2-7-18-19(8-13)34-12-33-18/h2-8,11,17,20,29H,9-10,12H2,1H3,(H,27,31)/t17-,20-/m1/s1. The molecular formula is C23H21F3N4O4. The van der Waals surface area contributed by atoms with E-state index in [-0.39, 0.29) is 31.1 Å². The van der Waals surface area contributed by atoms with Crippen LogP contribution in [0.4, 0.5) is 19.0 Å². The number of methoxy groups -OCH3 is 1. The highest BCUT2D eigenvalue weighted by molar-refractivity contribution is 5.98. The number of anilines is 1. The zero-order chi connectivity index (χ0) is 23.9. The van der Waals surface area contributed by atoms with Crippen LogP contribution >= 0.6 is 0 Å². The van der Waals surface area contributed by atoms with E-state index < -0.39 is 24.2 Å². The Bertz CT molecular complexity index is 1210. The van der Waals surface area contributed by atoms with Crippen molar-refractivity contribution in [1.82, 2.24) is 15.1 Å². The Hall–Kier alpha value is -3.89. The lowest BCUT2D eigenvalue weighted by molar-refractivity contribution is -0.173. The van der Waals surface area contributed by atoms with Crippen LogP contribution in [-0.4, -0.2) is 35.8 Å². The van der Waals surface area contributed by atoms with Gasteiger partial charge in [-0.2, -0.15) is 18.3 Å². The van der Waals surface area contributed by atoms with Crippen LogP contribution in [0.3, 0.4) is 0 Å². The summed E-state index contributed by atoms with van der Waals surface area (Å²) in [6.07, 6.45) is -3.64. The number of benzene rings is 2. The molecule has 0 saturated heterocycles. The Balaban J connectivity index is 1.38. The van der Waals surface area contributed by atoms with Crippen molar-refractivity contribution in [2.45, 2.75) is 31.2 Å². The van der Waals surface area contributed by atoms with Gasteiger partial charge in [-0.05, 0) is 35.4 Å². The van der Waals surface area contributed by atoms with Crippen molar-refractivity contribution in [2.75, 3.05) is 19.2 Å². The third-order valence-corrected chi connectivity index (χ3v) is 5.89. The van der Waals surface area contributed by atoms with Gasteiger partial charge in [0.15, 0.2) is 17.5 Å². The van der Waals surface area contributed by atoms with Gasteiger partial charge >= 0.3 is 6.18 Å². The average Bonchev–Trinajstić information content (AvgIpc) is 3.48. The van der Waals surface area contributed by atoms with Gasteiger partial charge in [0.05, 0.1) is 19.3 Å². The Morgan fingerprint density at radius 1 is 1.21 bits per heavy atom. The molecule has 3 aromatic rings. The maximum Gasteiger partial charge on any atom is 0.410 e. The van der Waals surface area contributed by atoms with Gasteiger partial charge in [-0.15, -0.1) is 0 Å². The summed E-state index contributed by atoms with van der Waals surface area (Å²) in [6, 6.07) is 9.50. The number of ether oxygens (including phenoxy) is 3. The summed E-state index contributed by atoms with van der Waals surface area (Å²) in [7, 11) is 1.51. The average molecular weight is 474 g/mol. The largest absolute Gasteiger partial charge is 0.497 e. The van der Waals surface area contributed by atoms with Gasteiger partial charge in [-0.25, -0.2) is 4.68 Å². The van der Waals surface area contributed by atoms with E-state index in [4.69, 9.17) is 14.2 Å². The molecule has 3 heterocycles. The first-order valence-electron chi connectivity index (χ1n) is 10.5. The fourth-order valence-electron chi connectivity index (χ4n) is 4.11. The summed E-state index contributed by atoms with van der Waals surface area (Å²) in [4.78, 5) is 12.9. The maximum atomic E-state index is 13.9. The van der Waals surface area contributed by atoms with Gasteiger partial charge in [-0.3, -0.25) is 4.79 Å². The third-order valence-electron chi connectivity index (χ3n) is 5.89. The molecule has 2 aliphatic heterocycles.